The van der Waals surface area contributed by atoms with Crippen LogP contribution in [0, 0.1) is 0 Å². The van der Waals surface area contributed by atoms with Crippen molar-refractivity contribution in [2.75, 3.05) is 5.32 Å². The fourth-order valence-corrected chi connectivity index (χ4v) is 3.61. The van der Waals surface area contributed by atoms with Gasteiger partial charge in [-0.1, -0.05) is 38.0 Å². The highest BCUT2D eigenvalue weighted by Crippen LogP contribution is 2.22. The molecule has 3 N–H and O–H groups in total. The Bertz CT molecular complexity index is 587. The molecule has 0 spiro atoms. The molecule has 1 aromatic carbocycles. The van der Waals surface area contributed by atoms with Gasteiger partial charge in [0.25, 0.3) is 0 Å². The largest absolute Gasteiger partial charge is 0.350 e. The fraction of sp³-hybridized carbons (Fsp3) is 0.556. The van der Waals surface area contributed by atoms with E-state index in [1.807, 2.05) is 24.3 Å². The third-order valence-electron chi connectivity index (χ3n) is 4.89. The van der Waals surface area contributed by atoms with Gasteiger partial charge in [-0.15, -0.1) is 0 Å². The van der Waals surface area contributed by atoms with Gasteiger partial charge < -0.3 is 16.0 Å². The molecule has 1 saturated carbocycles. The maximum absolute atomic E-state index is 12.3. The molecule has 5 nitrogen and oxygen atoms in total. The van der Waals surface area contributed by atoms with E-state index in [1.54, 1.807) is 0 Å². The molecule has 3 rings (SSSR count). The van der Waals surface area contributed by atoms with Gasteiger partial charge in [0.15, 0.2) is 0 Å². The number of aryl methyl sites for hydroxylation is 1. The van der Waals surface area contributed by atoms with E-state index in [2.05, 4.69) is 22.9 Å². The second kappa shape index (κ2) is 7.13. The van der Waals surface area contributed by atoms with Crippen LogP contribution in [0.15, 0.2) is 24.3 Å². The van der Waals surface area contributed by atoms with Crippen LogP contribution in [0.4, 0.5) is 5.69 Å². The Hall–Kier alpha value is -1.88. The van der Waals surface area contributed by atoms with Crippen molar-refractivity contribution in [1.82, 2.24) is 10.6 Å². The molecule has 3 atom stereocenters. The minimum atomic E-state index is -0.428. The average molecular weight is 315 g/mol. The maximum atomic E-state index is 12.3. The summed E-state index contributed by atoms with van der Waals surface area (Å²) >= 11 is 0. The van der Waals surface area contributed by atoms with E-state index in [4.69, 9.17) is 0 Å². The Morgan fingerprint density at radius 2 is 1.96 bits per heavy atom. The Balaban J connectivity index is 1.60. The molecule has 2 aliphatic rings. The Morgan fingerprint density at radius 3 is 2.74 bits per heavy atom. The summed E-state index contributed by atoms with van der Waals surface area (Å²) in [5.74, 6) is -0.167. The topological polar surface area (TPSA) is 70.2 Å². The predicted octanol–water partition coefficient (Wildman–Crippen LogP) is 1.98. The number of carbonyl (C=O) groups excluding carboxylic acids is 2. The molecule has 1 heterocycles. The standard InChI is InChI=1S/C18H25N3O2/c1-2-12-7-3-4-8-13(12)20-17(22)11-16-18(23)21-15-10-6-5-9-14(15)19-16/h3-4,7-8,14-16,19H,2,5-6,9-11H2,1H3,(H,20,22)(H,21,23)/t14-,15-,16-/m0/s1. The first-order valence-electron chi connectivity index (χ1n) is 8.61. The van der Waals surface area contributed by atoms with Gasteiger partial charge in [-0.25, -0.2) is 0 Å². The van der Waals surface area contributed by atoms with Gasteiger partial charge >= 0.3 is 0 Å². The molecule has 0 bridgehead atoms. The molecule has 124 valence electrons. The highest BCUT2D eigenvalue weighted by atomic mass is 16.2. The molecule has 5 heteroatoms. The first kappa shape index (κ1) is 16.0. The lowest BCUT2D eigenvalue weighted by atomic mass is 9.87. The van der Waals surface area contributed by atoms with Crippen LogP contribution in [0.1, 0.15) is 44.6 Å². The van der Waals surface area contributed by atoms with Crippen molar-refractivity contribution < 1.29 is 9.59 Å². The molecule has 2 fully saturated rings. The summed E-state index contributed by atoms with van der Waals surface area (Å²) in [5, 5.41) is 9.40. The van der Waals surface area contributed by atoms with Crippen molar-refractivity contribution in [2.24, 2.45) is 0 Å². The summed E-state index contributed by atoms with van der Waals surface area (Å²) in [5.41, 5.74) is 1.95. The quantitative estimate of drug-likeness (QED) is 0.795. The van der Waals surface area contributed by atoms with Crippen LogP contribution in [0.2, 0.25) is 0 Å². The van der Waals surface area contributed by atoms with Crippen molar-refractivity contribution in [3.05, 3.63) is 29.8 Å². The fourth-order valence-electron chi connectivity index (χ4n) is 3.61. The van der Waals surface area contributed by atoms with Crippen LogP contribution in [-0.2, 0) is 16.0 Å². The lowest BCUT2D eigenvalue weighted by Crippen LogP contribution is -2.65. The number of benzene rings is 1. The molecule has 0 aromatic heterocycles. The third-order valence-corrected chi connectivity index (χ3v) is 4.89. The van der Waals surface area contributed by atoms with E-state index in [0.29, 0.717) is 6.04 Å². The van der Waals surface area contributed by atoms with E-state index in [0.717, 1.165) is 30.5 Å². The number of nitrogens with one attached hydrogen (secondary N) is 3. The number of para-hydroxylation sites is 1. The monoisotopic (exact) mass is 315 g/mol. The minimum Gasteiger partial charge on any atom is -0.350 e. The smallest absolute Gasteiger partial charge is 0.237 e. The molecule has 23 heavy (non-hydrogen) atoms. The van der Waals surface area contributed by atoms with Gasteiger partial charge in [0.2, 0.25) is 11.8 Å². The summed E-state index contributed by atoms with van der Waals surface area (Å²) in [6, 6.07) is 7.90. The Morgan fingerprint density at radius 1 is 1.22 bits per heavy atom. The van der Waals surface area contributed by atoms with Crippen molar-refractivity contribution in [1.29, 1.82) is 0 Å². The number of piperazine rings is 1. The zero-order valence-corrected chi connectivity index (χ0v) is 13.6. The summed E-state index contributed by atoms with van der Waals surface area (Å²) in [7, 11) is 0. The van der Waals surface area contributed by atoms with E-state index >= 15 is 0 Å². The molecule has 1 saturated heterocycles. The van der Waals surface area contributed by atoms with Crippen LogP contribution in [-0.4, -0.2) is 29.9 Å². The first-order valence-corrected chi connectivity index (χ1v) is 8.61. The van der Waals surface area contributed by atoms with Gasteiger partial charge in [0, 0.05) is 17.8 Å². The van der Waals surface area contributed by atoms with Crippen molar-refractivity contribution >= 4 is 17.5 Å². The lowest BCUT2D eigenvalue weighted by molar-refractivity contribution is -0.129. The molecule has 0 unspecified atom stereocenters. The zero-order valence-electron chi connectivity index (χ0n) is 13.6. The molecule has 2 amide bonds. The Labute approximate surface area is 137 Å². The number of amides is 2. The number of anilines is 1. The van der Waals surface area contributed by atoms with Gasteiger partial charge in [0.1, 0.15) is 0 Å². The average Bonchev–Trinajstić information content (AvgIpc) is 2.56. The number of rotatable bonds is 4. The normalized spacial score (nSPS) is 27.0. The highest BCUT2D eigenvalue weighted by Gasteiger charge is 2.36. The van der Waals surface area contributed by atoms with Gasteiger partial charge in [0.05, 0.1) is 12.5 Å². The zero-order chi connectivity index (χ0) is 16.2. The van der Waals surface area contributed by atoms with E-state index in [-0.39, 0.29) is 24.3 Å². The van der Waals surface area contributed by atoms with Crippen LogP contribution < -0.4 is 16.0 Å². The van der Waals surface area contributed by atoms with Gasteiger partial charge in [-0.2, -0.15) is 0 Å². The third kappa shape index (κ3) is 3.72. The second-order valence-corrected chi connectivity index (χ2v) is 6.49. The Kier molecular flexibility index (Phi) is 4.96. The maximum Gasteiger partial charge on any atom is 0.237 e. The summed E-state index contributed by atoms with van der Waals surface area (Å²) in [6.07, 6.45) is 5.50. The molecular weight excluding hydrogens is 290 g/mol. The number of hydrogen-bond donors (Lipinski definition) is 3. The summed E-state index contributed by atoms with van der Waals surface area (Å²) in [4.78, 5) is 24.5. The van der Waals surface area contributed by atoms with Crippen LogP contribution in [0.5, 0.6) is 0 Å². The van der Waals surface area contributed by atoms with E-state index < -0.39 is 6.04 Å². The van der Waals surface area contributed by atoms with E-state index in [9.17, 15) is 9.59 Å². The van der Waals surface area contributed by atoms with Crippen molar-refractivity contribution in [2.45, 2.75) is 63.6 Å². The molecule has 1 aliphatic heterocycles. The van der Waals surface area contributed by atoms with Crippen LogP contribution >= 0.6 is 0 Å². The molecule has 1 aromatic rings. The highest BCUT2D eigenvalue weighted by molar-refractivity contribution is 5.96. The second-order valence-electron chi connectivity index (χ2n) is 6.49. The van der Waals surface area contributed by atoms with E-state index in [1.165, 1.54) is 12.8 Å². The SMILES string of the molecule is CCc1ccccc1NC(=O)C[C@@H]1N[C@H]2CCCC[C@@H]2NC1=O. The predicted molar refractivity (Wildman–Crippen MR) is 90.2 cm³/mol. The number of hydrogen-bond acceptors (Lipinski definition) is 3. The lowest BCUT2D eigenvalue weighted by Gasteiger charge is -2.40. The van der Waals surface area contributed by atoms with Crippen LogP contribution in [0.25, 0.3) is 0 Å². The number of carbonyl (C=O) groups is 2. The molecule has 1 aliphatic carbocycles. The minimum absolute atomic E-state index is 0.0490. The summed E-state index contributed by atoms with van der Waals surface area (Å²) in [6.45, 7) is 2.06. The first-order chi connectivity index (χ1) is 11.2. The van der Waals surface area contributed by atoms with Crippen LogP contribution in [0.3, 0.4) is 0 Å². The number of fused-ring (bicyclic) bond motifs is 1. The molecule has 0 radical (unpaired) electrons. The van der Waals surface area contributed by atoms with Gasteiger partial charge in [-0.3, -0.25) is 9.59 Å². The molecular formula is C18H25N3O2. The van der Waals surface area contributed by atoms with Gasteiger partial charge in [-0.05, 0) is 30.9 Å². The van der Waals surface area contributed by atoms with Crippen molar-refractivity contribution in [3.63, 3.8) is 0 Å². The summed E-state index contributed by atoms with van der Waals surface area (Å²) < 4.78 is 0. The van der Waals surface area contributed by atoms with Crippen molar-refractivity contribution in [3.8, 4) is 0 Å².